The Morgan fingerprint density at radius 1 is 0.215 bits per heavy atom. The number of rotatable bonds is 4. The third-order valence-electron chi connectivity index (χ3n) is 26.7. The van der Waals surface area contributed by atoms with Gasteiger partial charge in [-0.15, -0.1) is 45.3 Å². The normalized spacial score (nSPS) is 13.1. The van der Waals surface area contributed by atoms with Gasteiger partial charge in [0.1, 0.15) is 0 Å². The van der Waals surface area contributed by atoms with E-state index in [1.807, 2.05) is 51.4 Å². The quantitative estimate of drug-likeness (QED) is 0.166. The topological polar surface area (TPSA) is 9.86 Å². The molecular weight excluding hydrogens is 1650 g/mol. The Kier molecular flexibility index (Phi) is 23.3. The van der Waals surface area contributed by atoms with Gasteiger partial charge in [-0.3, -0.25) is 0 Å². The Bertz CT molecular complexity index is 7960. The number of aryl methyl sites for hydroxylation is 7. The minimum absolute atomic E-state index is 0.0950. The first kappa shape index (κ1) is 86.3. The maximum absolute atomic E-state index is 2.40. The molecule has 16 aromatic carbocycles. The fourth-order valence-electron chi connectivity index (χ4n) is 19.6. The van der Waals surface area contributed by atoms with E-state index >= 15 is 0 Å². The Morgan fingerprint density at radius 3 is 1.12 bits per heavy atom. The lowest BCUT2D eigenvalue weighted by molar-refractivity contribution is 0.604. The zero-order valence-electron chi connectivity index (χ0n) is 77.3. The molecule has 0 unspecified atom stereocenters. The minimum atomic E-state index is 0.0950. The van der Waals surface area contributed by atoms with Crippen LogP contribution in [0.5, 0.6) is 0 Å². The molecule has 0 N–H and O–H groups in total. The van der Waals surface area contributed by atoms with Gasteiger partial charge in [0.25, 0.3) is 0 Å². The van der Waals surface area contributed by atoms with Crippen molar-refractivity contribution in [3.05, 3.63) is 452 Å². The lowest BCUT2D eigenvalue weighted by Crippen LogP contribution is -2.14. The molecule has 3 aliphatic carbocycles. The van der Waals surface area contributed by atoms with Gasteiger partial charge in [0.2, 0.25) is 0 Å². The van der Waals surface area contributed by atoms with Gasteiger partial charge in [-0.1, -0.05) is 363 Å². The van der Waals surface area contributed by atoms with Gasteiger partial charge >= 0.3 is 0 Å². The van der Waals surface area contributed by atoms with Gasteiger partial charge in [-0.05, 0) is 240 Å². The Hall–Kier alpha value is -13.0. The summed E-state index contributed by atoms with van der Waals surface area (Å²) in [4.78, 5) is 5.61. The van der Waals surface area contributed by atoms with Gasteiger partial charge in [0, 0.05) is 109 Å². The number of aromatic nitrogens is 2. The second-order valence-corrected chi connectivity index (χ2v) is 42.7. The van der Waals surface area contributed by atoms with Crippen LogP contribution in [-0.2, 0) is 21.7 Å². The fourth-order valence-corrected chi connectivity index (χ4v) is 23.7. The lowest BCUT2D eigenvalue weighted by Gasteiger charge is -2.21. The molecule has 0 amide bonds. The predicted molar refractivity (Wildman–Crippen MR) is 571 cm³/mol. The van der Waals surface area contributed by atoms with Crippen molar-refractivity contribution in [2.75, 3.05) is 0 Å². The van der Waals surface area contributed by atoms with Crippen LogP contribution in [-0.4, -0.2) is 9.13 Å². The number of thiophene rings is 4. The fraction of sp³-hybridized carbons (Fsp3) is 0.161. The summed E-state index contributed by atoms with van der Waals surface area (Å²) in [6, 6.07) is 137. The van der Waals surface area contributed by atoms with E-state index in [-0.39, 0.29) is 16.2 Å². The Morgan fingerprint density at radius 2 is 0.600 bits per heavy atom. The molecule has 0 saturated heterocycles. The molecule has 25 rings (SSSR count). The van der Waals surface area contributed by atoms with Crippen molar-refractivity contribution in [3.63, 3.8) is 0 Å². The summed E-state index contributed by atoms with van der Waals surface area (Å²) >= 11 is 7.50. The molecule has 0 aliphatic heterocycles. The average Bonchev–Trinajstić information content (AvgIpc) is 1.48. The Labute approximate surface area is 782 Å². The largest absolute Gasteiger partial charge is 0.309 e. The van der Waals surface area contributed by atoms with E-state index < -0.39 is 0 Å². The molecule has 2 nitrogen and oxygen atoms in total. The third-order valence-corrected chi connectivity index (χ3v) is 31.4. The van der Waals surface area contributed by atoms with Crippen molar-refractivity contribution in [1.29, 1.82) is 0 Å². The number of para-hydroxylation sites is 2. The summed E-state index contributed by atoms with van der Waals surface area (Å²) < 4.78 is 10.2. The summed E-state index contributed by atoms with van der Waals surface area (Å²) in [5.74, 6) is 0. The first-order valence-electron chi connectivity index (χ1n) is 45.5. The molecule has 130 heavy (non-hydrogen) atoms. The van der Waals surface area contributed by atoms with Gasteiger partial charge in [0.05, 0.1) is 22.1 Å². The van der Waals surface area contributed by atoms with Gasteiger partial charge in [-0.2, -0.15) is 0 Å². The minimum Gasteiger partial charge on any atom is -0.309 e. The molecule has 0 atom stereocenters. The van der Waals surface area contributed by atoms with Crippen LogP contribution in [0, 0.1) is 48.5 Å². The molecule has 640 valence electrons. The van der Waals surface area contributed by atoms with Gasteiger partial charge in [0.15, 0.2) is 0 Å². The highest BCUT2D eigenvalue weighted by Gasteiger charge is 2.38. The van der Waals surface area contributed by atoms with Crippen LogP contribution in [0.2, 0.25) is 0 Å². The highest BCUT2D eigenvalue weighted by molar-refractivity contribution is 7.26. The molecule has 0 saturated carbocycles. The summed E-state index contributed by atoms with van der Waals surface area (Å²) in [5.41, 5.74) is 35.8. The second kappa shape index (κ2) is 35.1. The first-order valence-corrected chi connectivity index (χ1v) is 48.8. The molecular formula is C124H110N2S4. The van der Waals surface area contributed by atoms with Crippen LogP contribution in [0.15, 0.2) is 376 Å². The lowest BCUT2D eigenvalue weighted by atomic mass is 9.82. The summed E-state index contributed by atoms with van der Waals surface area (Å²) in [5, 5.41) is 10.7. The zero-order valence-corrected chi connectivity index (χ0v) is 80.6. The summed E-state index contributed by atoms with van der Waals surface area (Å²) in [6.07, 6.45) is 0. The number of fused-ring (bicyclic) bond motifs is 21. The van der Waals surface area contributed by atoms with Crippen molar-refractivity contribution in [2.45, 2.75) is 132 Å². The number of hydrogen-bond donors (Lipinski definition) is 0. The molecule has 0 fully saturated rings. The molecule has 0 spiro atoms. The molecule has 6 aromatic heterocycles. The monoisotopic (exact) mass is 1750 g/mol. The summed E-state index contributed by atoms with van der Waals surface area (Å²) in [7, 11) is 0. The zero-order chi connectivity index (χ0) is 90.1. The predicted octanol–water partition coefficient (Wildman–Crippen LogP) is 36.6. The van der Waals surface area contributed by atoms with Crippen molar-refractivity contribution >= 4 is 129 Å². The van der Waals surface area contributed by atoms with Gasteiger partial charge < -0.3 is 9.13 Å². The molecule has 3 aliphatic rings. The molecule has 22 aromatic rings. The first-order chi connectivity index (χ1) is 62.7. The van der Waals surface area contributed by atoms with Crippen molar-refractivity contribution in [1.82, 2.24) is 9.13 Å². The van der Waals surface area contributed by atoms with Crippen LogP contribution in [0.4, 0.5) is 0 Å². The second-order valence-electron chi connectivity index (χ2n) is 38.0. The van der Waals surface area contributed by atoms with Crippen LogP contribution < -0.4 is 0 Å². The van der Waals surface area contributed by atoms with E-state index in [0.717, 1.165) is 0 Å². The highest BCUT2D eigenvalue weighted by atomic mass is 32.1. The van der Waals surface area contributed by atoms with Crippen LogP contribution in [0.1, 0.15) is 138 Å². The van der Waals surface area contributed by atoms with E-state index in [4.69, 9.17) is 0 Å². The van der Waals surface area contributed by atoms with Crippen molar-refractivity contribution in [3.8, 4) is 66.3 Å². The Balaban J connectivity index is 0.000000101. The standard InChI is InChI=1S/2C25H17NS.C22H20.2C16H16.C11H10S.C9H14S/c1-16-10-12-17(13-11-16)26-22-8-4-2-6-18(22)20-15-25-21(14-23(20)26)19-7-3-5-9-24(19)27-25;1-16-10-12-17(13-11-16)26-22-8-4-2-6-18(22)20-14-21-19-7-3-5-9-24(19)27-25(21)15-23(20)26;1-15-8-10-16(11-9-15)17-12-13-21-19(14-17)18-6-4-5-7-20(18)22(21,2)3;1-11-8-9-15-13(10-11)12-6-4-5-7-14(12)16(15,2)3;1-11-8-9-13-12-6-4-5-7-14(12)16(2,3)15(13)10-11;1-9-7-8-11(12-9)10-5-3-2-4-6-10;1-7-5-6-8(10-7)9(2,3)4/h2*2-15H,1H3;4-14H,1-3H3;2*4-10H,1-3H3;2-8H,1H3;5-6H,1-4H3. The molecule has 6 heteroatoms. The third kappa shape index (κ3) is 16.5. The number of hydrogen-bond acceptors (Lipinski definition) is 4. The van der Waals surface area contributed by atoms with Crippen molar-refractivity contribution in [2.24, 2.45) is 0 Å². The number of nitrogens with zero attached hydrogens (tertiary/aromatic N) is 2. The van der Waals surface area contributed by atoms with E-state index in [1.165, 1.54) is 226 Å². The smallest absolute Gasteiger partial charge is 0.0555 e. The maximum atomic E-state index is 2.40. The molecule has 0 radical (unpaired) electrons. The van der Waals surface area contributed by atoms with Crippen molar-refractivity contribution < 1.29 is 0 Å². The van der Waals surface area contributed by atoms with E-state index in [2.05, 4.69) is 490 Å². The van der Waals surface area contributed by atoms with Gasteiger partial charge in [-0.25, -0.2) is 0 Å². The average molecular weight is 1760 g/mol. The van der Waals surface area contributed by atoms with E-state index in [1.54, 1.807) is 0 Å². The SMILES string of the molecule is Cc1ccc(-c2ccc3c(c2)-c2ccccc2C3(C)C)cc1.Cc1ccc(-c2ccccc2)s1.Cc1ccc(-n2c3ccccc3c3cc4c(cc32)sc2ccccc24)cc1.Cc1ccc(-n2c3ccccc3c3cc4sc5ccccc5c4cc32)cc1.Cc1ccc(C(C)(C)C)s1.Cc1ccc2c(c1)-c1ccccc1C2(C)C.Cc1ccc2c(c1)C(C)(C)c1ccccc1-2. The van der Waals surface area contributed by atoms with E-state index in [9.17, 15) is 0 Å². The molecule has 6 heterocycles. The van der Waals surface area contributed by atoms with Crippen LogP contribution in [0.25, 0.3) is 150 Å². The van der Waals surface area contributed by atoms with Crippen LogP contribution >= 0.6 is 45.3 Å². The van der Waals surface area contributed by atoms with E-state index in [0.29, 0.717) is 5.41 Å². The van der Waals surface area contributed by atoms with Crippen LogP contribution in [0.3, 0.4) is 0 Å². The highest BCUT2D eigenvalue weighted by Crippen LogP contribution is 2.53. The maximum Gasteiger partial charge on any atom is 0.0555 e. The molecule has 0 bridgehead atoms. The number of benzene rings is 16. The summed E-state index contributed by atoms with van der Waals surface area (Å²) in [6.45, 7) is 35.7.